The first-order chi connectivity index (χ1) is 14.6. The van der Waals surface area contributed by atoms with E-state index in [-0.39, 0.29) is 10.8 Å². The van der Waals surface area contributed by atoms with Gasteiger partial charge in [0.25, 0.3) is 0 Å². The molecule has 0 amide bonds. The van der Waals surface area contributed by atoms with E-state index >= 15 is 0 Å². The second kappa shape index (κ2) is 8.29. The van der Waals surface area contributed by atoms with E-state index in [0.29, 0.717) is 0 Å². The van der Waals surface area contributed by atoms with Gasteiger partial charge in [0.1, 0.15) is 5.01 Å². The maximum atomic E-state index is 4.96. The molecule has 0 bridgehead atoms. The van der Waals surface area contributed by atoms with Crippen molar-refractivity contribution in [2.45, 2.75) is 39.5 Å². The number of allylic oxidation sites excluding steroid dienone is 12. The lowest BCUT2D eigenvalue weighted by molar-refractivity contribution is 0.627. The van der Waals surface area contributed by atoms with E-state index in [1.54, 1.807) is 23.1 Å². The molecule has 2 aliphatic rings. The van der Waals surface area contributed by atoms with Crippen LogP contribution in [0.2, 0.25) is 0 Å². The summed E-state index contributed by atoms with van der Waals surface area (Å²) in [4.78, 5) is 7.23. The normalized spacial score (nSPS) is 19.1. The van der Waals surface area contributed by atoms with Crippen LogP contribution in [-0.2, 0) is 0 Å². The molecule has 2 aromatic rings. The Morgan fingerprint density at radius 2 is 1.61 bits per heavy atom. The molecule has 2 aliphatic carbocycles. The van der Waals surface area contributed by atoms with E-state index in [1.807, 2.05) is 0 Å². The van der Waals surface area contributed by atoms with Gasteiger partial charge in [-0.25, -0.2) is 4.98 Å². The Morgan fingerprint density at radius 1 is 0.935 bits per heavy atom. The van der Waals surface area contributed by atoms with Crippen molar-refractivity contribution in [2.75, 3.05) is 0 Å². The number of nitrogens with zero attached hydrogens (tertiary/aromatic N) is 1. The second-order valence-electron chi connectivity index (χ2n) is 9.40. The average molecular weight is 444 g/mol. The molecule has 1 nitrogen and oxygen atoms in total. The van der Waals surface area contributed by atoms with Gasteiger partial charge in [-0.2, -0.15) is 0 Å². The molecule has 0 fully saturated rings. The van der Waals surface area contributed by atoms with Gasteiger partial charge in [-0.15, -0.1) is 11.3 Å². The first kappa shape index (κ1) is 21.9. The molecule has 1 aromatic heterocycles. The summed E-state index contributed by atoms with van der Waals surface area (Å²) in [7, 11) is 0. The Labute approximate surface area is 194 Å². The van der Waals surface area contributed by atoms with Crippen LogP contribution in [-0.4, -0.2) is 4.98 Å². The van der Waals surface area contributed by atoms with Crippen LogP contribution >= 0.6 is 23.1 Å². The predicted molar refractivity (Wildman–Crippen MR) is 140 cm³/mol. The third-order valence-corrected chi connectivity index (χ3v) is 7.68. The molecule has 0 N–H and O–H groups in total. The number of fused-ring (bicyclic) bond motifs is 1. The molecule has 0 aliphatic heterocycles. The minimum absolute atomic E-state index is 0.0700. The molecule has 1 aromatic carbocycles. The minimum Gasteiger partial charge on any atom is -0.236 e. The van der Waals surface area contributed by atoms with E-state index in [0.717, 1.165) is 21.0 Å². The molecule has 31 heavy (non-hydrogen) atoms. The van der Waals surface area contributed by atoms with Crippen LogP contribution in [0.5, 0.6) is 0 Å². The highest BCUT2D eigenvalue weighted by molar-refractivity contribution is 8.03. The van der Waals surface area contributed by atoms with Crippen LogP contribution in [0, 0.1) is 17.8 Å². The molecular formula is C28H29NS2. The standard InChI is InChI=1S/C28H29NS2/c1-19-17-25-23(29-26(31-25)22-10-8-14-28(5,6)16-12-22)18-24(19)30-20(2)21-9-7-13-27(3,4)15-11-21/h7-18H,2H2,1,3-6H3. The number of aryl methyl sites for hydroxylation is 1. The number of hydrogen-bond acceptors (Lipinski definition) is 3. The van der Waals surface area contributed by atoms with Crippen molar-refractivity contribution in [2.24, 2.45) is 10.8 Å². The maximum absolute atomic E-state index is 4.96. The number of benzene rings is 1. The van der Waals surface area contributed by atoms with Gasteiger partial charge in [0.2, 0.25) is 0 Å². The zero-order chi connectivity index (χ0) is 22.2. The Kier molecular flexibility index (Phi) is 5.85. The average Bonchev–Trinajstić information content (AvgIpc) is 2.86. The van der Waals surface area contributed by atoms with Gasteiger partial charge in [0, 0.05) is 26.2 Å². The Hall–Kier alpha value is -2.36. The molecule has 158 valence electrons. The highest BCUT2D eigenvalue weighted by Crippen LogP contribution is 2.39. The van der Waals surface area contributed by atoms with Crippen LogP contribution in [0.1, 0.15) is 38.3 Å². The molecule has 0 atom stereocenters. The first-order valence-corrected chi connectivity index (χ1v) is 12.2. The zero-order valence-electron chi connectivity index (χ0n) is 18.9. The highest BCUT2D eigenvalue weighted by Gasteiger charge is 2.16. The Bertz CT molecular complexity index is 1220. The van der Waals surface area contributed by atoms with Gasteiger partial charge < -0.3 is 0 Å². The van der Waals surface area contributed by atoms with E-state index in [4.69, 9.17) is 4.98 Å². The summed E-state index contributed by atoms with van der Waals surface area (Å²) >= 11 is 3.48. The summed E-state index contributed by atoms with van der Waals surface area (Å²) in [5.74, 6) is 0. The summed E-state index contributed by atoms with van der Waals surface area (Å²) < 4.78 is 1.22. The van der Waals surface area contributed by atoms with Crippen molar-refractivity contribution in [3.63, 3.8) is 0 Å². The largest absolute Gasteiger partial charge is 0.236 e. The van der Waals surface area contributed by atoms with E-state index in [9.17, 15) is 0 Å². The van der Waals surface area contributed by atoms with Crippen molar-refractivity contribution in [3.8, 4) is 0 Å². The van der Waals surface area contributed by atoms with E-state index in [2.05, 4.69) is 114 Å². The molecule has 0 unspecified atom stereocenters. The fraction of sp³-hybridized carbons (Fsp3) is 0.250. The van der Waals surface area contributed by atoms with Gasteiger partial charge in [0.15, 0.2) is 0 Å². The number of thiazole rings is 1. The van der Waals surface area contributed by atoms with Gasteiger partial charge in [-0.05, 0) is 30.2 Å². The fourth-order valence-electron chi connectivity index (χ4n) is 3.44. The third-order valence-electron chi connectivity index (χ3n) is 5.48. The summed E-state index contributed by atoms with van der Waals surface area (Å²) in [6.45, 7) is 15.4. The zero-order valence-corrected chi connectivity index (χ0v) is 20.5. The molecule has 1 heterocycles. The van der Waals surface area contributed by atoms with Crippen molar-refractivity contribution >= 4 is 38.9 Å². The summed E-state index contributed by atoms with van der Waals surface area (Å²) in [5.41, 5.74) is 4.78. The molecular weight excluding hydrogens is 414 g/mol. The summed E-state index contributed by atoms with van der Waals surface area (Å²) in [5, 5.41) is 1.07. The summed E-state index contributed by atoms with van der Waals surface area (Å²) in [6.07, 6.45) is 21.9. The topological polar surface area (TPSA) is 12.9 Å². The lowest BCUT2D eigenvalue weighted by Crippen LogP contribution is -2.00. The smallest absolute Gasteiger partial charge is 0.124 e. The number of aromatic nitrogens is 1. The molecule has 4 rings (SSSR count). The van der Waals surface area contributed by atoms with Crippen molar-refractivity contribution in [1.29, 1.82) is 0 Å². The van der Waals surface area contributed by atoms with Crippen molar-refractivity contribution < 1.29 is 0 Å². The monoisotopic (exact) mass is 443 g/mol. The second-order valence-corrected chi connectivity index (χ2v) is 11.6. The molecule has 3 heteroatoms. The number of hydrogen-bond donors (Lipinski definition) is 0. The third kappa shape index (κ3) is 5.11. The van der Waals surface area contributed by atoms with Crippen LogP contribution in [0.15, 0.2) is 94.8 Å². The van der Waals surface area contributed by atoms with Gasteiger partial charge in [0.05, 0.1) is 10.2 Å². The van der Waals surface area contributed by atoms with Crippen LogP contribution in [0.3, 0.4) is 0 Å². The van der Waals surface area contributed by atoms with Gasteiger partial charge in [-0.3, -0.25) is 0 Å². The van der Waals surface area contributed by atoms with Gasteiger partial charge in [-0.1, -0.05) is 107 Å². The molecule has 0 saturated heterocycles. The fourth-order valence-corrected chi connectivity index (χ4v) is 5.40. The molecule has 0 spiro atoms. The molecule has 0 radical (unpaired) electrons. The van der Waals surface area contributed by atoms with E-state index < -0.39 is 0 Å². The quantitative estimate of drug-likeness (QED) is 0.438. The van der Waals surface area contributed by atoms with Crippen molar-refractivity contribution in [1.82, 2.24) is 4.98 Å². The minimum atomic E-state index is 0.0700. The van der Waals surface area contributed by atoms with E-state index in [1.165, 1.54) is 20.7 Å². The Morgan fingerprint density at radius 3 is 2.35 bits per heavy atom. The maximum Gasteiger partial charge on any atom is 0.124 e. The number of rotatable bonds is 4. The van der Waals surface area contributed by atoms with Crippen LogP contribution < -0.4 is 0 Å². The lowest BCUT2D eigenvalue weighted by Gasteiger charge is -2.13. The van der Waals surface area contributed by atoms with Crippen LogP contribution in [0.4, 0.5) is 0 Å². The summed E-state index contributed by atoms with van der Waals surface area (Å²) in [6, 6.07) is 4.47. The van der Waals surface area contributed by atoms with Gasteiger partial charge >= 0.3 is 0 Å². The lowest BCUT2D eigenvalue weighted by atomic mass is 9.93. The Balaban J connectivity index is 1.61. The predicted octanol–water partition coefficient (Wildman–Crippen LogP) is 8.82. The SMILES string of the molecule is C=C(Sc1cc2nc(C3=CC=CC(C)(C)C=C3)sc2cc1C)C1=CC=CC(C)(C)C=C1. The van der Waals surface area contributed by atoms with Crippen molar-refractivity contribution in [3.05, 3.63) is 101 Å². The highest BCUT2D eigenvalue weighted by atomic mass is 32.2. The first-order valence-electron chi connectivity index (χ1n) is 10.6. The molecule has 0 saturated carbocycles. The number of thioether (sulfide) groups is 1. The van der Waals surface area contributed by atoms with Crippen LogP contribution in [0.25, 0.3) is 15.8 Å².